The Morgan fingerprint density at radius 1 is 1.40 bits per heavy atom. The maximum Gasteiger partial charge on any atom is 0.410 e. The van der Waals surface area contributed by atoms with E-state index >= 15 is 0 Å². The molecular weight excluding hydrogens is 313 g/mol. The molecule has 0 bridgehead atoms. The zero-order valence-corrected chi connectivity index (χ0v) is 12.7. The van der Waals surface area contributed by atoms with Crippen LogP contribution in [-0.2, 0) is 13.6 Å². The highest BCUT2D eigenvalue weighted by Crippen LogP contribution is 2.66. The summed E-state index contributed by atoms with van der Waals surface area (Å²) in [5.74, 6) is -1.25. The largest absolute Gasteiger partial charge is 0.461 e. The highest BCUT2D eigenvalue weighted by atomic mass is 32.2. The van der Waals surface area contributed by atoms with Crippen molar-refractivity contribution in [2.45, 2.75) is 18.8 Å². The molecular formula is C11H15F2O5PS. The number of Topliss-reactive ketones (excluding diaryl/α,β-unsaturated/α-hetero) is 1. The first-order valence-electron chi connectivity index (χ1n) is 5.84. The third kappa shape index (κ3) is 4.15. The second kappa shape index (κ2) is 7.36. The second-order valence-corrected chi connectivity index (χ2v) is 6.97. The van der Waals surface area contributed by atoms with Crippen molar-refractivity contribution in [1.82, 2.24) is 0 Å². The van der Waals surface area contributed by atoms with E-state index in [1.54, 1.807) is 0 Å². The summed E-state index contributed by atoms with van der Waals surface area (Å²) >= 11 is -0.0841. The zero-order chi connectivity index (χ0) is 15.2. The maximum absolute atomic E-state index is 13.9. The number of furan rings is 1. The van der Waals surface area contributed by atoms with Crippen molar-refractivity contribution in [3.05, 3.63) is 24.2 Å². The third-order valence-electron chi connectivity index (χ3n) is 2.09. The summed E-state index contributed by atoms with van der Waals surface area (Å²) in [6, 6.07) is 2.84. The molecule has 0 saturated carbocycles. The van der Waals surface area contributed by atoms with Gasteiger partial charge in [0.25, 0.3) is 0 Å². The average molecular weight is 328 g/mol. The van der Waals surface area contributed by atoms with Gasteiger partial charge in [-0.25, -0.2) is 0 Å². The number of hydrogen-bond donors (Lipinski definition) is 0. The van der Waals surface area contributed by atoms with Gasteiger partial charge < -0.3 is 13.5 Å². The Balaban J connectivity index is 2.72. The van der Waals surface area contributed by atoms with E-state index in [0.29, 0.717) is 0 Å². The molecule has 0 aliphatic heterocycles. The number of ketones is 1. The van der Waals surface area contributed by atoms with Crippen molar-refractivity contribution in [1.29, 1.82) is 0 Å². The monoisotopic (exact) mass is 328 g/mol. The highest BCUT2D eigenvalue weighted by molar-refractivity contribution is 8.06. The number of halogens is 2. The van der Waals surface area contributed by atoms with Crippen molar-refractivity contribution in [3.8, 4) is 0 Å². The molecule has 0 unspecified atom stereocenters. The van der Waals surface area contributed by atoms with E-state index in [4.69, 9.17) is 4.42 Å². The number of alkyl halides is 2. The predicted molar refractivity (Wildman–Crippen MR) is 71.3 cm³/mol. The summed E-state index contributed by atoms with van der Waals surface area (Å²) in [5, 5.41) is 0. The van der Waals surface area contributed by atoms with Gasteiger partial charge in [0.1, 0.15) is 0 Å². The van der Waals surface area contributed by atoms with Crippen LogP contribution in [0.4, 0.5) is 8.78 Å². The topological polar surface area (TPSA) is 65.7 Å². The van der Waals surface area contributed by atoms with Crippen molar-refractivity contribution in [2.24, 2.45) is 0 Å². The molecule has 1 aromatic rings. The van der Waals surface area contributed by atoms with Crippen LogP contribution in [0.15, 0.2) is 22.8 Å². The number of hydrogen-bond acceptors (Lipinski definition) is 6. The predicted octanol–water partition coefficient (Wildman–Crippen LogP) is 4.01. The zero-order valence-electron chi connectivity index (χ0n) is 11.0. The molecule has 0 aliphatic carbocycles. The summed E-state index contributed by atoms with van der Waals surface area (Å²) in [6.45, 7) is 2.50. The van der Waals surface area contributed by atoms with E-state index in [1.807, 2.05) is 0 Å². The van der Waals surface area contributed by atoms with Crippen LogP contribution in [0.25, 0.3) is 0 Å². The number of carbonyl (C=O) groups is 1. The summed E-state index contributed by atoms with van der Waals surface area (Å²) in [4.78, 5) is 7.77. The molecule has 0 amide bonds. The lowest BCUT2D eigenvalue weighted by molar-refractivity contribution is 0.0982. The van der Waals surface area contributed by atoms with E-state index in [2.05, 4.69) is 9.05 Å². The van der Waals surface area contributed by atoms with Crippen LogP contribution in [0.3, 0.4) is 0 Å². The second-order valence-electron chi connectivity index (χ2n) is 3.51. The molecule has 1 rings (SSSR count). The SMILES string of the molecule is CCOP(=O)(OCC)C(F)(F)SCC(=O)c1ccco1. The van der Waals surface area contributed by atoms with Gasteiger partial charge in [-0.15, -0.1) is 0 Å². The molecule has 5 nitrogen and oxygen atoms in total. The Bertz CT molecular complexity index is 467. The molecule has 114 valence electrons. The van der Waals surface area contributed by atoms with Gasteiger partial charge in [0.2, 0.25) is 5.78 Å². The fourth-order valence-corrected chi connectivity index (χ4v) is 3.91. The molecule has 0 radical (unpaired) electrons. The quantitative estimate of drug-likeness (QED) is 0.504. The standard InChI is InChI=1S/C11H15F2O5PS/c1-3-17-19(15,18-4-2)11(12,13)20-8-9(14)10-6-5-7-16-10/h5-7H,3-4,8H2,1-2H3. The van der Waals surface area contributed by atoms with Crippen LogP contribution >= 0.6 is 19.4 Å². The van der Waals surface area contributed by atoms with Crippen LogP contribution in [0.5, 0.6) is 0 Å². The van der Waals surface area contributed by atoms with E-state index in [9.17, 15) is 18.1 Å². The van der Waals surface area contributed by atoms with Gasteiger partial charge in [-0.3, -0.25) is 9.36 Å². The lowest BCUT2D eigenvalue weighted by Gasteiger charge is -2.24. The van der Waals surface area contributed by atoms with Crippen LogP contribution in [0, 0.1) is 0 Å². The number of rotatable bonds is 9. The van der Waals surface area contributed by atoms with Gasteiger partial charge in [-0.1, -0.05) is 11.8 Å². The fourth-order valence-electron chi connectivity index (χ4n) is 1.27. The fraction of sp³-hybridized carbons (Fsp3) is 0.545. The Morgan fingerprint density at radius 2 is 2.00 bits per heavy atom. The summed E-state index contributed by atoms with van der Waals surface area (Å²) in [7, 11) is -4.61. The first kappa shape index (κ1) is 17.4. The van der Waals surface area contributed by atoms with Gasteiger partial charge >= 0.3 is 12.6 Å². The van der Waals surface area contributed by atoms with Crippen LogP contribution in [0.1, 0.15) is 24.4 Å². The average Bonchev–Trinajstić information content (AvgIpc) is 2.90. The minimum atomic E-state index is -4.61. The van der Waals surface area contributed by atoms with E-state index in [0.717, 1.165) is 0 Å². The number of thioether (sulfide) groups is 1. The lowest BCUT2D eigenvalue weighted by Crippen LogP contribution is -2.19. The van der Waals surface area contributed by atoms with E-state index in [1.165, 1.54) is 32.2 Å². The molecule has 0 aromatic carbocycles. The minimum absolute atomic E-state index is 0.0315. The Labute approximate surface area is 119 Å². The first-order chi connectivity index (χ1) is 9.36. The van der Waals surface area contributed by atoms with Gasteiger partial charge in [0, 0.05) is 0 Å². The summed E-state index contributed by atoms with van der Waals surface area (Å²) in [5.41, 5.74) is 0. The van der Waals surface area contributed by atoms with Crippen molar-refractivity contribution >= 4 is 25.1 Å². The summed E-state index contributed by atoms with van der Waals surface area (Å²) < 4.78 is 53.8. The first-order valence-corrected chi connectivity index (χ1v) is 8.36. The van der Waals surface area contributed by atoms with Crippen molar-refractivity contribution in [2.75, 3.05) is 19.0 Å². The third-order valence-corrected chi connectivity index (χ3v) is 5.74. The maximum atomic E-state index is 13.9. The van der Waals surface area contributed by atoms with Crippen LogP contribution in [0.2, 0.25) is 0 Å². The van der Waals surface area contributed by atoms with Crippen LogP contribution in [-0.4, -0.2) is 29.7 Å². The van der Waals surface area contributed by atoms with Crippen molar-refractivity contribution in [3.63, 3.8) is 0 Å². The molecule has 0 N–H and O–H groups in total. The lowest BCUT2D eigenvalue weighted by atomic mass is 10.3. The molecule has 0 spiro atoms. The van der Waals surface area contributed by atoms with Gasteiger partial charge in [-0.2, -0.15) is 8.78 Å². The van der Waals surface area contributed by atoms with Crippen molar-refractivity contribution < 1.29 is 31.6 Å². The molecule has 1 heterocycles. The van der Waals surface area contributed by atoms with Gasteiger partial charge in [0.05, 0.1) is 25.2 Å². The van der Waals surface area contributed by atoms with Crippen LogP contribution < -0.4 is 0 Å². The molecule has 9 heteroatoms. The van der Waals surface area contributed by atoms with Gasteiger partial charge in [-0.05, 0) is 26.0 Å². The van der Waals surface area contributed by atoms with E-state index < -0.39 is 24.1 Å². The Hall–Kier alpha value is -0.690. The Morgan fingerprint density at radius 3 is 2.45 bits per heavy atom. The smallest absolute Gasteiger partial charge is 0.410 e. The highest BCUT2D eigenvalue weighted by Gasteiger charge is 2.54. The molecule has 20 heavy (non-hydrogen) atoms. The molecule has 0 saturated heterocycles. The molecule has 0 fully saturated rings. The van der Waals surface area contributed by atoms with Gasteiger partial charge in [0.15, 0.2) is 5.76 Å². The molecule has 1 aromatic heterocycles. The minimum Gasteiger partial charge on any atom is -0.461 e. The molecule has 0 aliphatic rings. The number of carbonyl (C=O) groups excluding carboxylic acids is 1. The Kier molecular flexibility index (Phi) is 6.39. The molecule has 0 atom stereocenters. The normalized spacial score (nSPS) is 12.6. The van der Waals surface area contributed by atoms with E-state index in [-0.39, 0.29) is 30.7 Å². The summed E-state index contributed by atoms with van der Waals surface area (Å²) in [6.07, 6.45) is 1.27.